The molecule has 0 saturated carbocycles. The van der Waals surface area contributed by atoms with E-state index in [9.17, 15) is 0 Å². The van der Waals surface area contributed by atoms with Gasteiger partial charge in [-0.2, -0.15) is 0 Å². The molecule has 0 bridgehead atoms. The standard InChI is InChI=1S/C15H20BrN3S/c1-4-17-11(2)14-7-12(16)5-6-15(14)19(3)8-13-9-20-10-18-13/h5-7,9-11,17H,4,8H2,1-3H3. The van der Waals surface area contributed by atoms with Crippen LogP contribution in [0.2, 0.25) is 0 Å². The lowest BCUT2D eigenvalue weighted by Crippen LogP contribution is -2.23. The molecular formula is C15H20BrN3S. The molecule has 1 heterocycles. The first-order valence-electron chi connectivity index (χ1n) is 6.72. The third-order valence-corrected chi connectivity index (χ3v) is 4.39. The van der Waals surface area contributed by atoms with Crippen molar-refractivity contribution in [2.24, 2.45) is 0 Å². The van der Waals surface area contributed by atoms with Gasteiger partial charge in [-0.25, -0.2) is 4.98 Å². The van der Waals surface area contributed by atoms with E-state index in [1.807, 2.05) is 5.51 Å². The van der Waals surface area contributed by atoms with Crippen molar-refractivity contribution in [3.63, 3.8) is 0 Å². The van der Waals surface area contributed by atoms with Crippen LogP contribution in [0.25, 0.3) is 0 Å². The van der Waals surface area contributed by atoms with E-state index in [1.54, 1.807) is 11.3 Å². The molecule has 3 nitrogen and oxygen atoms in total. The molecule has 1 aromatic carbocycles. The first-order valence-corrected chi connectivity index (χ1v) is 8.46. The zero-order chi connectivity index (χ0) is 14.5. The Morgan fingerprint density at radius 3 is 2.90 bits per heavy atom. The van der Waals surface area contributed by atoms with E-state index in [-0.39, 0.29) is 0 Å². The smallest absolute Gasteiger partial charge is 0.0795 e. The normalized spacial score (nSPS) is 12.4. The molecule has 20 heavy (non-hydrogen) atoms. The molecule has 5 heteroatoms. The van der Waals surface area contributed by atoms with Crippen molar-refractivity contribution in [2.45, 2.75) is 26.4 Å². The average molecular weight is 354 g/mol. The van der Waals surface area contributed by atoms with Crippen LogP contribution < -0.4 is 10.2 Å². The summed E-state index contributed by atoms with van der Waals surface area (Å²) in [6.07, 6.45) is 0. The van der Waals surface area contributed by atoms with Crippen molar-refractivity contribution < 1.29 is 0 Å². The van der Waals surface area contributed by atoms with Crippen molar-refractivity contribution in [2.75, 3.05) is 18.5 Å². The van der Waals surface area contributed by atoms with Crippen LogP contribution in [0, 0.1) is 0 Å². The van der Waals surface area contributed by atoms with Crippen molar-refractivity contribution in [1.82, 2.24) is 10.3 Å². The second kappa shape index (κ2) is 7.20. The second-order valence-electron chi connectivity index (χ2n) is 4.82. The number of benzene rings is 1. The maximum Gasteiger partial charge on any atom is 0.0795 e. The van der Waals surface area contributed by atoms with Gasteiger partial charge in [-0.05, 0) is 37.2 Å². The van der Waals surface area contributed by atoms with Crippen molar-refractivity contribution in [3.05, 3.63) is 44.8 Å². The summed E-state index contributed by atoms with van der Waals surface area (Å²) in [7, 11) is 2.12. The van der Waals surface area contributed by atoms with E-state index in [1.165, 1.54) is 11.3 Å². The lowest BCUT2D eigenvalue weighted by Gasteiger charge is -2.25. The van der Waals surface area contributed by atoms with Crippen LogP contribution >= 0.6 is 27.3 Å². The van der Waals surface area contributed by atoms with Crippen LogP contribution in [0.5, 0.6) is 0 Å². The van der Waals surface area contributed by atoms with Crippen LogP contribution in [0.15, 0.2) is 33.6 Å². The zero-order valence-corrected chi connectivity index (χ0v) is 14.5. The van der Waals surface area contributed by atoms with Gasteiger partial charge in [-0.3, -0.25) is 0 Å². The molecule has 2 aromatic rings. The number of nitrogens with one attached hydrogen (secondary N) is 1. The Bertz CT molecular complexity index is 542. The van der Waals surface area contributed by atoms with Gasteiger partial charge in [0.1, 0.15) is 0 Å². The summed E-state index contributed by atoms with van der Waals surface area (Å²) in [5, 5.41) is 5.58. The number of nitrogens with zero attached hydrogens (tertiary/aromatic N) is 2. The lowest BCUT2D eigenvalue weighted by atomic mass is 10.1. The van der Waals surface area contributed by atoms with Crippen LogP contribution in [0.4, 0.5) is 5.69 Å². The Hall–Kier alpha value is -0.910. The number of thiazole rings is 1. The van der Waals surface area contributed by atoms with Crippen molar-refractivity contribution in [1.29, 1.82) is 0 Å². The van der Waals surface area contributed by atoms with E-state index < -0.39 is 0 Å². The highest BCUT2D eigenvalue weighted by molar-refractivity contribution is 9.10. The predicted octanol–water partition coefficient (Wildman–Crippen LogP) is 4.21. The molecule has 0 fully saturated rings. The van der Waals surface area contributed by atoms with Gasteiger partial charge in [0, 0.05) is 28.6 Å². The van der Waals surface area contributed by atoms with E-state index in [0.29, 0.717) is 6.04 Å². The molecule has 2 rings (SSSR count). The summed E-state index contributed by atoms with van der Waals surface area (Å²) >= 11 is 5.21. The third-order valence-electron chi connectivity index (χ3n) is 3.26. The molecule has 0 spiro atoms. The quantitative estimate of drug-likeness (QED) is 0.842. The van der Waals surface area contributed by atoms with E-state index in [0.717, 1.165) is 23.3 Å². The van der Waals surface area contributed by atoms with Crippen LogP contribution in [-0.4, -0.2) is 18.6 Å². The molecule has 0 radical (unpaired) electrons. The lowest BCUT2D eigenvalue weighted by molar-refractivity contribution is 0.596. The van der Waals surface area contributed by atoms with Gasteiger partial charge in [0.2, 0.25) is 0 Å². The summed E-state index contributed by atoms with van der Waals surface area (Å²) < 4.78 is 1.11. The number of halogens is 1. The summed E-state index contributed by atoms with van der Waals surface area (Å²) in [5.41, 5.74) is 5.54. The Kier molecular flexibility index (Phi) is 5.57. The Morgan fingerprint density at radius 2 is 2.25 bits per heavy atom. The molecule has 1 aromatic heterocycles. The van der Waals surface area contributed by atoms with Crippen molar-refractivity contribution >= 4 is 33.0 Å². The van der Waals surface area contributed by atoms with Gasteiger partial charge in [-0.1, -0.05) is 22.9 Å². The van der Waals surface area contributed by atoms with Gasteiger partial charge in [-0.15, -0.1) is 11.3 Å². The van der Waals surface area contributed by atoms with Gasteiger partial charge < -0.3 is 10.2 Å². The molecule has 0 saturated heterocycles. The summed E-state index contributed by atoms with van der Waals surface area (Å²) in [6.45, 7) is 6.12. The summed E-state index contributed by atoms with van der Waals surface area (Å²) in [4.78, 5) is 6.62. The highest BCUT2D eigenvalue weighted by atomic mass is 79.9. The number of hydrogen-bond donors (Lipinski definition) is 1. The maximum atomic E-state index is 4.36. The number of hydrogen-bond acceptors (Lipinski definition) is 4. The molecule has 0 aliphatic heterocycles. The van der Waals surface area contributed by atoms with E-state index in [2.05, 4.69) is 75.6 Å². The fourth-order valence-electron chi connectivity index (χ4n) is 2.28. The Labute approximate surface area is 133 Å². The Morgan fingerprint density at radius 1 is 1.45 bits per heavy atom. The van der Waals surface area contributed by atoms with Gasteiger partial charge in [0.15, 0.2) is 0 Å². The van der Waals surface area contributed by atoms with Crippen molar-refractivity contribution in [3.8, 4) is 0 Å². The molecule has 0 aliphatic rings. The summed E-state index contributed by atoms with van der Waals surface area (Å²) in [6, 6.07) is 6.78. The monoisotopic (exact) mass is 353 g/mol. The number of anilines is 1. The van der Waals surface area contributed by atoms with E-state index >= 15 is 0 Å². The first-order chi connectivity index (χ1) is 9.61. The van der Waals surface area contributed by atoms with Gasteiger partial charge in [0.05, 0.1) is 17.7 Å². The minimum Gasteiger partial charge on any atom is -0.368 e. The topological polar surface area (TPSA) is 28.2 Å². The molecular weight excluding hydrogens is 334 g/mol. The summed E-state index contributed by atoms with van der Waals surface area (Å²) in [5.74, 6) is 0. The molecule has 0 amide bonds. The number of aromatic nitrogens is 1. The SMILES string of the molecule is CCNC(C)c1cc(Br)ccc1N(C)Cc1cscn1. The highest BCUT2D eigenvalue weighted by Gasteiger charge is 2.14. The first kappa shape index (κ1) is 15.5. The molecule has 1 atom stereocenters. The maximum absolute atomic E-state index is 4.36. The number of rotatable bonds is 6. The molecule has 0 aliphatic carbocycles. The highest BCUT2D eigenvalue weighted by Crippen LogP contribution is 2.29. The zero-order valence-electron chi connectivity index (χ0n) is 12.1. The van der Waals surface area contributed by atoms with Crippen LogP contribution in [0.3, 0.4) is 0 Å². The van der Waals surface area contributed by atoms with Gasteiger partial charge >= 0.3 is 0 Å². The van der Waals surface area contributed by atoms with Gasteiger partial charge in [0.25, 0.3) is 0 Å². The fraction of sp³-hybridized carbons (Fsp3) is 0.400. The average Bonchev–Trinajstić information content (AvgIpc) is 2.91. The second-order valence-corrected chi connectivity index (χ2v) is 6.45. The minimum atomic E-state index is 0.324. The Balaban J connectivity index is 2.25. The molecule has 1 unspecified atom stereocenters. The third kappa shape index (κ3) is 3.81. The largest absolute Gasteiger partial charge is 0.368 e. The molecule has 108 valence electrons. The van der Waals surface area contributed by atoms with E-state index in [4.69, 9.17) is 0 Å². The molecule has 1 N–H and O–H groups in total. The predicted molar refractivity (Wildman–Crippen MR) is 90.5 cm³/mol. The van der Waals surface area contributed by atoms with Crippen LogP contribution in [-0.2, 0) is 6.54 Å². The minimum absolute atomic E-state index is 0.324. The fourth-order valence-corrected chi connectivity index (χ4v) is 3.21. The van der Waals surface area contributed by atoms with Crippen LogP contribution in [0.1, 0.15) is 31.1 Å².